The summed E-state index contributed by atoms with van der Waals surface area (Å²) in [6, 6.07) is 4.80. The summed E-state index contributed by atoms with van der Waals surface area (Å²) in [6.45, 7) is 3.94. The molecule has 0 fully saturated rings. The number of halogens is 4. The highest BCUT2D eigenvalue weighted by Gasteiger charge is 2.12. The Morgan fingerprint density at radius 2 is 1.75 bits per heavy atom. The molecule has 106 valence electrons. The van der Waals surface area contributed by atoms with Crippen LogP contribution in [0.1, 0.15) is 25.6 Å². The predicted molar refractivity (Wildman–Crippen MR) is 85.4 cm³/mol. The molecule has 0 bridgehead atoms. The van der Waals surface area contributed by atoms with Crippen LogP contribution in [0.2, 0.25) is 15.2 Å². The summed E-state index contributed by atoms with van der Waals surface area (Å²) in [4.78, 5) is 8.43. The minimum absolute atomic E-state index is 0.139. The van der Waals surface area contributed by atoms with Gasteiger partial charge in [0.05, 0.1) is 10.0 Å². The Labute approximate surface area is 140 Å². The molecular weight excluding hydrogens is 386 g/mol. The Morgan fingerprint density at radius 3 is 2.40 bits per heavy atom. The second kappa shape index (κ2) is 6.48. The average Bonchev–Trinajstić information content (AvgIpc) is 2.35. The summed E-state index contributed by atoms with van der Waals surface area (Å²) in [5.74, 6) is 1.48. The lowest BCUT2D eigenvalue weighted by Gasteiger charge is -2.10. The maximum atomic E-state index is 6.10. The molecule has 0 aliphatic carbocycles. The molecule has 1 aromatic carbocycles. The standard InChI is InChI=1S/C13H10BrCl3N2O/c1-6(2)13-18-11(17)5-12(19-13)20-10-4-8(15)7(14)3-9(10)16/h3-6H,1-2H3. The van der Waals surface area contributed by atoms with Crippen LogP contribution in [0.15, 0.2) is 22.7 Å². The number of nitrogens with zero attached hydrogens (tertiary/aromatic N) is 2. The lowest BCUT2D eigenvalue weighted by Crippen LogP contribution is -2.00. The van der Waals surface area contributed by atoms with E-state index in [0.29, 0.717) is 37.1 Å². The number of aromatic nitrogens is 2. The van der Waals surface area contributed by atoms with E-state index >= 15 is 0 Å². The molecule has 0 aliphatic heterocycles. The van der Waals surface area contributed by atoms with Crippen LogP contribution >= 0.6 is 50.7 Å². The molecule has 2 aromatic rings. The fraction of sp³-hybridized carbons (Fsp3) is 0.231. The Hall–Kier alpha value is -0.550. The van der Waals surface area contributed by atoms with Crippen molar-refractivity contribution in [1.82, 2.24) is 9.97 Å². The zero-order chi connectivity index (χ0) is 14.9. The molecule has 0 atom stereocenters. The van der Waals surface area contributed by atoms with Crippen molar-refractivity contribution in [3.8, 4) is 11.6 Å². The highest BCUT2D eigenvalue weighted by molar-refractivity contribution is 9.10. The van der Waals surface area contributed by atoms with Gasteiger partial charge in [0.1, 0.15) is 16.7 Å². The quantitative estimate of drug-likeness (QED) is 0.463. The largest absolute Gasteiger partial charge is 0.437 e. The van der Waals surface area contributed by atoms with Gasteiger partial charge in [-0.3, -0.25) is 0 Å². The Balaban J connectivity index is 2.37. The minimum Gasteiger partial charge on any atom is -0.437 e. The number of hydrogen-bond acceptors (Lipinski definition) is 3. The third-order valence-electron chi connectivity index (χ3n) is 2.39. The number of ether oxygens (including phenoxy) is 1. The van der Waals surface area contributed by atoms with Crippen LogP contribution < -0.4 is 4.74 Å². The van der Waals surface area contributed by atoms with Crippen molar-refractivity contribution in [2.75, 3.05) is 0 Å². The maximum Gasteiger partial charge on any atom is 0.224 e. The van der Waals surface area contributed by atoms with Gasteiger partial charge in [0, 0.05) is 22.5 Å². The fourth-order valence-electron chi connectivity index (χ4n) is 1.42. The van der Waals surface area contributed by atoms with Gasteiger partial charge >= 0.3 is 0 Å². The van der Waals surface area contributed by atoms with Gasteiger partial charge in [-0.05, 0) is 22.0 Å². The monoisotopic (exact) mass is 394 g/mol. The number of benzene rings is 1. The topological polar surface area (TPSA) is 35.0 Å². The van der Waals surface area contributed by atoms with E-state index in [2.05, 4.69) is 25.9 Å². The summed E-state index contributed by atoms with van der Waals surface area (Å²) >= 11 is 21.4. The molecule has 0 radical (unpaired) electrons. The number of hydrogen-bond donors (Lipinski definition) is 0. The third-order valence-corrected chi connectivity index (χ3v) is 4.08. The van der Waals surface area contributed by atoms with Gasteiger partial charge in [0.15, 0.2) is 0 Å². The van der Waals surface area contributed by atoms with E-state index in [9.17, 15) is 0 Å². The molecule has 1 aromatic heterocycles. The van der Waals surface area contributed by atoms with Gasteiger partial charge < -0.3 is 4.74 Å². The van der Waals surface area contributed by atoms with Crippen molar-refractivity contribution in [2.24, 2.45) is 0 Å². The van der Waals surface area contributed by atoms with E-state index in [1.165, 1.54) is 6.07 Å². The van der Waals surface area contributed by atoms with Crippen molar-refractivity contribution >= 4 is 50.7 Å². The van der Waals surface area contributed by atoms with Gasteiger partial charge in [-0.2, -0.15) is 4.98 Å². The number of rotatable bonds is 3. The normalized spacial score (nSPS) is 10.9. The molecule has 20 heavy (non-hydrogen) atoms. The maximum absolute atomic E-state index is 6.10. The Bertz CT molecular complexity index is 650. The van der Waals surface area contributed by atoms with Crippen molar-refractivity contribution < 1.29 is 4.74 Å². The summed E-state index contributed by atoms with van der Waals surface area (Å²) in [7, 11) is 0. The van der Waals surface area contributed by atoms with Crippen molar-refractivity contribution in [1.29, 1.82) is 0 Å². The molecule has 0 amide bonds. The van der Waals surface area contributed by atoms with Crippen molar-refractivity contribution in [3.05, 3.63) is 43.7 Å². The van der Waals surface area contributed by atoms with Crippen LogP contribution in [-0.4, -0.2) is 9.97 Å². The first-order valence-electron chi connectivity index (χ1n) is 5.73. The molecule has 3 nitrogen and oxygen atoms in total. The molecule has 0 spiro atoms. The zero-order valence-corrected chi connectivity index (χ0v) is 14.5. The first kappa shape index (κ1) is 15.8. The summed E-state index contributed by atoms with van der Waals surface area (Å²) in [5.41, 5.74) is 0. The van der Waals surface area contributed by atoms with Gasteiger partial charge in [0.2, 0.25) is 5.88 Å². The third kappa shape index (κ3) is 3.76. The molecular formula is C13H10BrCl3N2O. The van der Waals surface area contributed by atoms with Gasteiger partial charge in [-0.15, -0.1) is 0 Å². The van der Waals surface area contributed by atoms with Crippen LogP contribution in [0.4, 0.5) is 0 Å². The zero-order valence-electron chi connectivity index (χ0n) is 10.6. The highest BCUT2D eigenvalue weighted by atomic mass is 79.9. The minimum atomic E-state index is 0.139. The lowest BCUT2D eigenvalue weighted by molar-refractivity contribution is 0.457. The van der Waals surface area contributed by atoms with Crippen LogP contribution in [0.25, 0.3) is 0 Å². The first-order valence-corrected chi connectivity index (χ1v) is 7.66. The van der Waals surface area contributed by atoms with E-state index in [-0.39, 0.29) is 5.92 Å². The van der Waals surface area contributed by atoms with Crippen LogP contribution in [0, 0.1) is 0 Å². The first-order chi connectivity index (χ1) is 9.36. The van der Waals surface area contributed by atoms with E-state index < -0.39 is 0 Å². The molecule has 1 heterocycles. The molecule has 0 unspecified atom stereocenters. The average molecular weight is 396 g/mol. The second-order valence-corrected chi connectivity index (χ2v) is 6.40. The summed E-state index contributed by atoms with van der Waals surface area (Å²) < 4.78 is 6.34. The predicted octanol–water partition coefficient (Wildman–Crippen LogP) is 6.12. The van der Waals surface area contributed by atoms with Crippen LogP contribution in [0.3, 0.4) is 0 Å². The Kier molecular flexibility index (Phi) is 5.13. The van der Waals surface area contributed by atoms with Gasteiger partial charge in [-0.25, -0.2) is 4.98 Å². The van der Waals surface area contributed by atoms with Gasteiger partial charge in [-0.1, -0.05) is 48.7 Å². The SMILES string of the molecule is CC(C)c1nc(Cl)cc(Oc2cc(Cl)c(Br)cc2Cl)n1. The lowest BCUT2D eigenvalue weighted by atomic mass is 10.2. The molecule has 7 heteroatoms. The highest BCUT2D eigenvalue weighted by Crippen LogP contribution is 2.36. The van der Waals surface area contributed by atoms with E-state index in [1.54, 1.807) is 12.1 Å². The van der Waals surface area contributed by atoms with Crippen molar-refractivity contribution in [2.45, 2.75) is 19.8 Å². The van der Waals surface area contributed by atoms with E-state index in [0.717, 1.165) is 0 Å². The molecule has 0 saturated carbocycles. The molecule has 0 aliphatic rings. The fourth-order valence-corrected chi connectivity index (χ4v) is 2.43. The summed E-state index contributed by atoms with van der Waals surface area (Å²) in [5, 5.41) is 1.23. The molecule has 2 rings (SSSR count). The van der Waals surface area contributed by atoms with Crippen molar-refractivity contribution in [3.63, 3.8) is 0 Å². The van der Waals surface area contributed by atoms with E-state index in [1.807, 2.05) is 13.8 Å². The summed E-state index contributed by atoms with van der Waals surface area (Å²) in [6.07, 6.45) is 0. The molecule has 0 N–H and O–H groups in total. The van der Waals surface area contributed by atoms with Gasteiger partial charge in [0.25, 0.3) is 0 Å². The van der Waals surface area contributed by atoms with Crippen LogP contribution in [-0.2, 0) is 0 Å². The Morgan fingerprint density at radius 1 is 1.05 bits per heavy atom. The second-order valence-electron chi connectivity index (χ2n) is 4.34. The van der Waals surface area contributed by atoms with Crippen LogP contribution in [0.5, 0.6) is 11.6 Å². The van der Waals surface area contributed by atoms with E-state index in [4.69, 9.17) is 39.5 Å². The smallest absolute Gasteiger partial charge is 0.224 e. The molecule has 0 saturated heterocycles.